The largest absolute Gasteiger partial charge is 0.416 e. The fourth-order valence-electron chi connectivity index (χ4n) is 1.70. The third kappa shape index (κ3) is 3.94. The summed E-state index contributed by atoms with van der Waals surface area (Å²) in [6, 6.07) is 3.59. The van der Waals surface area contributed by atoms with Gasteiger partial charge in [-0.05, 0) is 24.6 Å². The standard InChI is InChI=1S/C12H16F3NO3S/c1-2-6-16(7-8-17)20(18,19)11-5-3-4-10(9-11)12(13,14)15/h3-5,9,17H,2,6-8H2,1H3. The summed E-state index contributed by atoms with van der Waals surface area (Å²) >= 11 is 0. The summed E-state index contributed by atoms with van der Waals surface area (Å²) < 4.78 is 63.3. The highest BCUT2D eigenvalue weighted by molar-refractivity contribution is 7.89. The smallest absolute Gasteiger partial charge is 0.395 e. The number of benzene rings is 1. The molecule has 0 unspecified atom stereocenters. The monoisotopic (exact) mass is 311 g/mol. The van der Waals surface area contributed by atoms with Crippen LogP contribution in [0.1, 0.15) is 18.9 Å². The number of sulfonamides is 1. The van der Waals surface area contributed by atoms with Gasteiger partial charge in [-0.25, -0.2) is 8.42 Å². The minimum absolute atomic E-state index is 0.138. The van der Waals surface area contributed by atoms with Crippen molar-refractivity contribution in [1.29, 1.82) is 0 Å². The second-order valence-electron chi connectivity index (χ2n) is 4.15. The molecule has 20 heavy (non-hydrogen) atoms. The molecule has 0 heterocycles. The first kappa shape index (κ1) is 16.9. The lowest BCUT2D eigenvalue weighted by Crippen LogP contribution is -2.34. The molecule has 1 N–H and O–H groups in total. The van der Waals surface area contributed by atoms with Gasteiger partial charge in [-0.3, -0.25) is 0 Å². The molecule has 0 fully saturated rings. The number of alkyl halides is 3. The number of nitrogens with zero attached hydrogens (tertiary/aromatic N) is 1. The van der Waals surface area contributed by atoms with Gasteiger partial charge >= 0.3 is 6.18 Å². The zero-order chi connectivity index (χ0) is 15.4. The van der Waals surface area contributed by atoms with Crippen LogP contribution >= 0.6 is 0 Å². The SMILES string of the molecule is CCCN(CCO)S(=O)(=O)c1cccc(C(F)(F)F)c1. The van der Waals surface area contributed by atoms with E-state index in [1.807, 2.05) is 0 Å². The molecule has 0 bridgehead atoms. The maximum Gasteiger partial charge on any atom is 0.416 e. The average Bonchev–Trinajstić information content (AvgIpc) is 2.37. The van der Waals surface area contributed by atoms with Gasteiger partial charge in [0.2, 0.25) is 10.0 Å². The Morgan fingerprint density at radius 1 is 1.25 bits per heavy atom. The van der Waals surface area contributed by atoms with Crippen molar-refractivity contribution < 1.29 is 26.7 Å². The molecule has 0 aromatic heterocycles. The molecule has 1 aromatic carbocycles. The lowest BCUT2D eigenvalue weighted by molar-refractivity contribution is -0.137. The van der Waals surface area contributed by atoms with Crippen LogP contribution in [0.25, 0.3) is 0 Å². The molecule has 8 heteroatoms. The van der Waals surface area contributed by atoms with Crippen LogP contribution in [0.2, 0.25) is 0 Å². The van der Waals surface area contributed by atoms with E-state index >= 15 is 0 Å². The van der Waals surface area contributed by atoms with Gasteiger partial charge in [0.05, 0.1) is 17.1 Å². The minimum Gasteiger partial charge on any atom is -0.395 e. The Hall–Kier alpha value is -1.12. The normalized spacial score (nSPS) is 12.9. The molecule has 0 atom stereocenters. The van der Waals surface area contributed by atoms with Gasteiger partial charge in [0.25, 0.3) is 0 Å². The Bertz CT molecular complexity index is 537. The predicted molar refractivity (Wildman–Crippen MR) is 67.6 cm³/mol. The van der Waals surface area contributed by atoms with E-state index in [1.165, 1.54) is 0 Å². The number of hydrogen-bond acceptors (Lipinski definition) is 3. The Morgan fingerprint density at radius 2 is 1.90 bits per heavy atom. The van der Waals surface area contributed by atoms with Gasteiger partial charge in [0, 0.05) is 13.1 Å². The number of halogens is 3. The van der Waals surface area contributed by atoms with Crippen LogP contribution in [-0.2, 0) is 16.2 Å². The van der Waals surface area contributed by atoms with Crippen molar-refractivity contribution >= 4 is 10.0 Å². The third-order valence-corrected chi connectivity index (χ3v) is 4.52. The maximum atomic E-state index is 12.6. The van der Waals surface area contributed by atoms with Crippen molar-refractivity contribution in [1.82, 2.24) is 4.31 Å². The van der Waals surface area contributed by atoms with Crippen LogP contribution in [0, 0.1) is 0 Å². The topological polar surface area (TPSA) is 57.6 Å². The molecule has 1 rings (SSSR count). The van der Waals surface area contributed by atoms with Crippen molar-refractivity contribution in [2.45, 2.75) is 24.4 Å². The number of rotatable bonds is 6. The van der Waals surface area contributed by atoms with Crippen molar-refractivity contribution in [2.75, 3.05) is 19.7 Å². The molecule has 0 spiro atoms. The van der Waals surface area contributed by atoms with Crippen molar-refractivity contribution in [3.63, 3.8) is 0 Å². The molecular formula is C12H16F3NO3S. The van der Waals surface area contributed by atoms with E-state index in [2.05, 4.69) is 0 Å². The molecule has 114 valence electrons. The molecule has 0 aliphatic rings. The highest BCUT2D eigenvalue weighted by Crippen LogP contribution is 2.31. The van der Waals surface area contributed by atoms with Gasteiger partial charge in [-0.1, -0.05) is 13.0 Å². The molecular weight excluding hydrogens is 295 g/mol. The van der Waals surface area contributed by atoms with Gasteiger partial charge in [-0.2, -0.15) is 17.5 Å². The Morgan fingerprint density at radius 3 is 2.40 bits per heavy atom. The first-order valence-electron chi connectivity index (χ1n) is 6.01. The lowest BCUT2D eigenvalue weighted by atomic mass is 10.2. The second kappa shape index (κ2) is 6.55. The summed E-state index contributed by atoms with van der Waals surface area (Å²) in [6.45, 7) is 1.34. The molecule has 0 aliphatic heterocycles. The predicted octanol–water partition coefficient (Wildman–Crippen LogP) is 2.10. The second-order valence-corrected chi connectivity index (χ2v) is 6.09. The highest BCUT2D eigenvalue weighted by atomic mass is 32.2. The summed E-state index contributed by atoms with van der Waals surface area (Å²) in [5.41, 5.74) is -1.01. The summed E-state index contributed by atoms with van der Waals surface area (Å²) in [5.74, 6) is 0. The molecule has 0 amide bonds. The molecule has 0 aliphatic carbocycles. The molecule has 4 nitrogen and oxygen atoms in total. The number of aliphatic hydroxyl groups is 1. The van der Waals surface area contributed by atoms with Crippen molar-refractivity contribution in [3.05, 3.63) is 29.8 Å². The molecule has 0 saturated heterocycles. The van der Waals surface area contributed by atoms with E-state index in [4.69, 9.17) is 5.11 Å². The minimum atomic E-state index is -4.60. The summed E-state index contributed by atoms with van der Waals surface area (Å²) in [5, 5.41) is 8.87. The Labute approximate surface area is 115 Å². The zero-order valence-corrected chi connectivity index (χ0v) is 11.7. The van der Waals surface area contributed by atoms with Gasteiger partial charge in [0.1, 0.15) is 0 Å². The highest BCUT2D eigenvalue weighted by Gasteiger charge is 2.32. The Kier molecular flexibility index (Phi) is 5.55. The first-order chi connectivity index (χ1) is 9.23. The lowest BCUT2D eigenvalue weighted by Gasteiger charge is -2.21. The van der Waals surface area contributed by atoms with Crippen LogP contribution in [0.5, 0.6) is 0 Å². The quantitative estimate of drug-likeness (QED) is 0.875. The fourth-order valence-corrected chi connectivity index (χ4v) is 3.26. The van der Waals surface area contributed by atoms with E-state index in [0.717, 1.165) is 22.5 Å². The van der Waals surface area contributed by atoms with E-state index < -0.39 is 33.3 Å². The average molecular weight is 311 g/mol. The zero-order valence-electron chi connectivity index (χ0n) is 10.9. The molecule has 0 radical (unpaired) electrons. The van der Waals surface area contributed by atoms with Gasteiger partial charge in [0.15, 0.2) is 0 Å². The summed E-state index contributed by atoms with van der Waals surface area (Å²) in [6.07, 6.45) is -4.10. The Balaban J connectivity index is 3.20. The van der Waals surface area contributed by atoms with E-state index in [-0.39, 0.29) is 13.1 Å². The van der Waals surface area contributed by atoms with E-state index in [0.29, 0.717) is 12.5 Å². The third-order valence-electron chi connectivity index (χ3n) is 2.62. The van der Waals surface area contributed by atoms with Gasteiger partial charge in [-0.15, -0.1) is 0 Å². The van der Waals surface area contributed by atoms with Crippen LogP contribution in [0.15, 0.2) is 29.2 Å². The van der Waals surface area contributed by atoms with Crippen LogP contribution < -0.4 is 0 Å². The van der Waals surface area contributed by atoms with E-state index in [1.54, 1.807) is 6.92 Å². The van der Waals surface area contributed by atoms with Crippen LogP contribution in [0.4, 0.5) is 13.2 Å². The van der Waals surface area contributed by atoms with Gasteiger partial charge < -0.3 is 5.11 Å². The van der Waals surface area contributed by atoms with E-state index in [9.17, 15) is 21.6 Å². The summed E-state index contributed by atoms with van der Waals surface area (Å²) in [4.78, 5) is -0.422. The molecule has 1 aromatic rings. The maximum absolute atomic E-state index is 12.6. The fraction of sp³-hybridized carbons (Fsp3) is 0.500. The van der Waals surface area contributed by atoms with Crippen molar-refractivity contribution in [2.24, 2.45) is 0 Å². The number of aliphatic hydroxyl groups excluding tert-OH is 1. The molecule has 0 saturated carbocycles. The van der Waals surface area contributed by atoms with Crippen molar-refractivity contribution in [3.8, 4) is 0 Å². The first-order valence-corrected chi connectivity index (χ1v) is 7.45. The number of hydrogen-bond donors (Lipinski definition) is 1. The van der Waals surface area contributed by atoms with Crippen LogP contribution in [-0.4, -0.2) is 37.5 Å². The van der Waals surface area contributed by atoms with Crippen LogP contribution in [0.3, 0.4) is 0 Å². The summed E-state index contributed by atoms with van der Waals surface area (Å²) in [7, 11) is -4.03.